The number of hydrogen-bond donors (Lipinski definition) is 0. The summed E-state index contributed by atoms with van der Waals surface area (Å²) in [6.07, 6.45) is 5.59. The number of hydrogen-bond acceptors (Lipinski definition) is 0. The van der Waals surface area contributed by atoms with E-state index in [-0.39, 0.29) is 24.0 Å². The van der Waals surface area contributed by atoms with Gasteiger partial charge in [0.2, 0.25) is 11.0 Å². The Labute approximate surface area is 172 Å². The second kappa shape index (κ2) is 8.45. The predicted octanol–water partition coefficient (Wildman–Crippen LogP) is 2.86. The summed E-state index contributed by atoms with van der Waals surface area (Å²) < 4.78 is 2.45. The molecule has 0 saturated heterocycles. The SMILES string of the molecule is CCC[n+]1c2ccccc2c(C=Cc2ccccc2)c2ccccc21.[I-]. The lowest BCUT2D eigenvalue weighted by molar-refractivity contribution is -0.645. The highest BCUT2D eigenvalue weighted by molar-refractivity contribution is 6.01. The highest BCUT2D eigenvalue weighted by Crippen LogP contribution is 2.27. The summed E-state index contributed by atoms with van der Waals surface area (Å²) in [7, 11) is 0. The van der Waals surface area contributed by atoms with Crippen molar-refractivity contribution in [3.05, 3.63) is 90.0 Å². The van der Waals surface area contributed by atoms with Gasteiger partial charge in [0.25, 0.3) is 0 Å². The first kappa shape index (κ1) is 18.6. The Kier molecular flexibility index (Phi) is 6.04. The summed E-state index contributed by atoms with van der Waals surface area (Å²) in [5, 5.41) is 2.61. The molecule has 0 saturated carbocycles. The molecule has 2 heteroatoms. The van der Waals surface area contributed by atoms with Crippen molar-refractivity contribution in [3.8, 4) is 0 Å². The molecule has 0 radical (unpaired) electrons. The molecule has 4 aromatic rings. The van der Waals surface area contributed by atoms with Gasteiger partial charge in [-0.3, -0.25) is 0 Å². The average Bonchev–Trinajstić information content (AvgIpc) is 2.68. The van der Waals surface area contributed by atoms with Crippen LogP contribution in [0.25, 0.3) is 34.0 Å². The van der Waals surface area contributed by atoms with Crippen molar-refractivity contribution in [1.82, 2.24) is 0 Å². The van der Waals surface area contributed by atoms with E-state index in [0.29, 0.717) is 0 Å². The smallest absolute Gasteiger partial charge is 0.213 e. The average molecular weight is 451 g/mol. The molecule has 0 spiro atoms. The van der Waals surface area contributed by atoms with Crippen LogP contribution in [0.5, 0.6) is 0 Å². The van der Waals surface area contributed by atoms with Crippen LogP contribution in [-0.2, 0) is 6.54 Å². The van der Waals surface area contributed by atoms with Gasteiger partial charge in [0.1, 0.15) is 6.54 Å². The first-order chi connectivity index (χ1) is 12.4. The van der Waals surface area contributed by atoms with E-state index in [1.807, 2.05) is 0 Å². The third kappa shape index (κ3) is 3.51. The number of halogens is 1. The number of aromatic nitrogens is 1. The largest absolute Gasteiger partial charge is 1.00 e. The van der Waals surface area contributed by atoms with Crippen molar-refractivity contribution >= 4 is 34.0 Å². The highest BCUT2D eigenvalue weighted by Gasteiger charge is 2.17. The number of nitrogens with zero attached hydrogens (tertiary/aromatic N) is 1. The van der Waals surface area contributed by atoms with E-state index < -0.39 is 0 Å². The van der Waals surface area contributed by atoms with Crippen molar-refractivity contribution in [1.29, 1.82) is 0 Å². The molecule has 26 heavy (non-hydrogen) atoms. The number of fused-ring (bicyclic) bond motifs is 2. The fraction of sp³-hybridized carbons (Fsp3) is 0.125. The minimum absolute atomic E-state index is 0. The fourth-order valence-electron chi connectivity index (χ4n) is 3.54. The zero-order valence-electron chi connectivity index (χ0n) is 14.9. The molecule has 3 aromatic carbocycles. The van der Waals surface area contributed by atoms with Crippen LogP contribution in [0.2, 0.25) is 0 Å². The van der Waals surface area contributed by atoms with Gasteiger partial charge in [-0.15, -0.1) is 0 Å². The summed E-state index contributed by atoms with van der Waals surface area (Å²) in [4.78, 5) is 0. The molecular formula is C24H22IN. The van der Waals surface area contributed by atoms with Crippen molar-refractivity contribution in [3.63, 3.8) is 0 Å². The number of para-hydroxylation sites is 2. The first-order valence-electron chi connectivity index (χ1n) is 8.95. The van der Waals surface area contributed by atoms with Crippen molar-refractivity contribution in [2.75, 3.05) is 0 Å². The molecule has 4 rings (SSSR count). The monoisotopic (exact) mass is 451 g/mol. The van der Waals surface area contributed by atoms with Gasteiger partial charge in [-0.05, 0) is 17.7 Å². The molecule has 130 valence electrons. The molecule has 1 heterocycles. The van der Waals surface area contributed by atoms with E-state index in [1.54, 1.807) is 0 Å². The molecule has 0 fully saturated rings. The third-order valence-corrected chi connectivity index (χ3v) is 4.66. The van der Waals surface area contributed by atoms with E-state index >= 15 is 0 Å². The maximum atomic E-state index is 2.45. The number of benzene rings is 3. The summed E-state index contributed by atoms with van der Waals surface area (Å²) in [5.74, 6) is 0. The molecule has 0 aliphatic carbocycles. The predicted molar refractivity (Wildman–Crippen MR) is 107 cm³/mol. The van der Waals surface area contributed by atoms with Gasteiger partial charge < -0.3 is 24.0 Å². The summed E-state index contributed by atoms with van der Waals surface area (Å²) >= 11 is 0. The van der Waals surface area contributed by atoms with Crippen LogP contribution in [-0.4, -0.2) is 0 Å². The van der Waals surface area contributed by atoms with Gasteiger partial charge in [0.05, 0.1) is 10.8 Å². The Morgan fingerprint density at radius 2 is 1.23 bits per heavy atom. The molecule has 0 unspecified atom stereocenters. The summed E-state index contributed by atoms with van der Waals surface area (Å²) in [6.45, 7) is 3.27. The molecule has 0 N–H and O–H groups in total. The first-order valence-corrected chi connectivity index (χ1v) is 8.95. The second-order valence-corrected chi connectivity index (χ2v) is 6.34. The Morgan fingerprint density at radius 1 is 0.692 bits per heavy atom. The molecule has 0 aliphatic rings. The highest BCUT2D eigenvalue weighted by atomic mass is 127. The van der Waals surface area contributed by atoms with Gasteiger partial charge in [-0.25, -0.2) is 0 Å². The van der Waals surface area contributed by atoms with E-state index in [4.69, 9.17) is 0 Å². The summed E-state index contributed by atoms with van der Waals surface area (Å²) in [5.41, 5.74) is 5.12. The Balaban J connectivity index is 0.00000196. The number of rotatable bonds is 4. The van der Waals surface area contributed by atoms with Gasteiger partial charge in [-0.1, -0.05) is 73.7 Å². The lowest BCUT2D eigenvalue weighted by atomic mass is 10.0. The topological polar surface area (TPSA) is 3.88 Å². The van der Waals surface area contributed by atoms with Crippen molar-refractivity contribution < 1.29 is 28.5 Å². The minimum Gasteiger partial charge on any atom is -1.00 e. The fourth-order valence-corrected chi connectivity index (χ4v) is 3.54. The molecule has 0 bridgehead atoms. The van der Waals surface area contributed by atoms with Crippen LogP contribution in [0.4, 0.5) is 0 Å². The van der Waals surface area contributed by atoms with Gasteiger partial charge in [-0.2, -0.15) is 4.57 Å². The lowest BCUT2D eigenvalue weighted by Crippen LogP contribution is -3.00. The van der Waals surface area contributed by atoms with Crippen molar-refractivity contribution in [2.24, 2.45) is 0 Å². The number of aryl methyl sites for hydroxylation is 1. The Morgan fingerprint density at radius 3 is 1.81 bits per heavy atom. The quantitative estimate of drug-likeness (QED) is 0.255. The van der Waals surface area contributed by atoms with Gasteiger partial charge in [0.15, 0.2) is 0 Å². The van der Waals surface area contributed by atoms with Gasteiger partial charge >= 0.3 is 0 Å². The van der Waals surface area contributed by atoms with Crippen LogP contribution in [0, 0.1) is 0 Å². The maximum Gasteiger partial charge on any atom is 0.213 e. The van der Waals surface area contributed by atoms with Crippen LogP contribution in [0.3, 0.4) is 0 Å². The second-order valence-electron chi connectivity index (χ2n) is 6.34. The normalized spacial score (nSPS) is 11.1. The summed E-state index contributed by atoms with van der Waals surface area (Å²) in [6, 6.07) is 28.0. The minimum atomic E-state index is 0. The van der Waals surface area contributed by atoms with E-state index in [1.165, 1.54) is 32.9 Å². The molecule has 0 atom stereocenters. The molecule has 0 aliphatic heterocycles. The zero-order chi connectivity index (χ0) is 17.1. The Bertz CT molecular complexity index is 995. The zero-order valence-corrected chi connectivity index (χ0v) is 17.1. The van der Waals surface area contributed by atoms with E-state index in [9.17, 15) is 0 Å². The van der Waals surface area contributed by atoms with Crippen molar-refractivity contribution in [2.45, 2.75) is 19.9 Å². The van der Waals surface area contributed by atoms with Gasteiger partial charge in [0, 0.05) is 24.1 Å². The third-order valence-electron chi connectivity index (χ3n) is 4.66. The van der Waals surface area contributed by atoms with Crippen LogP contribution in [0.1, 0.15) is 24.5 Å². The molecular weight excluding hydrogens is 429 g/mol. The van der Waals surface area contributed by atoms with Crippen LogP contribution in [0.15, 0.2) is 78.9 Å². The molecule has 1 aromatic heterocycles. The van der Waals surface area contributed by atoms with Crippen LogP contribution >= 0.6 is 0 Å². The van der Waals surface area contributed by atoms with E-state index in [0.717, 1.165) is 13.0 Å². The van der Waals surface area contributed by atoms with Crippen LogP contribution < -0.4 is 28.5 Å². The van der Waals surface area contributed by atoms with E-state index in [2.05, 4.69) is 103 Å². The maximum absolute atomic E-state index is 2.45. The lowest BCUT2D eigenvalue weighted by Gasteiger charge is -2.09. The molecule has 0 amide bonds. The molecule has 1 nitrogen and oxygen atoms in total. The Hall–Kier alpha value is -2.20. The number of pyridine rings is 1. The standard InChI is InChI=1S/C24H22N.HI/c1-2-18-25-23-14-8-6-12-21(23)20(22-13-7-9-15-24(22)25)17-16-19-10-4-3-5-11-19;/h3-17H,2,18H2,1H3;1H/q+1;/p-1.